The van der Waals surface area contributed by atoms with E-state index < -0.39 is 0 Å². The van der Waals surface area contributed by atoms with Gasteiger partial charge < -0.3 is 14.6 Å². The Morgan fingerprint density at radius 2 is 1.48 bits per heavy atom. The molecule has 1 heterocycles. The number of aromatic nitrogens is 1. The predicted octanol–water partition coefficient (Wildman–Crippen LogP) is 5.98. The summed E-state index contributed by atoms with van der Waals surface area (Å²) in [5.41, 5.74) is 4.70. The van der Waals surface area contributed by atoms with E-state index in [1.54, 1.807) is 4.90 Å². The van der Waals surface area contributed by atoms with Gasteiger partial charge in [-0.2, -0.15) is 0 Å². The fraction of sp³-hybridized carbons (Fsp3) is 0.222. The summed E-state index contributed by atoms with van der Waals surface area (Å²) in [6.07, 6.45) is 4.28. The molecular weight excluding hydrogens is 384 g/mol. The van der Waals surface area contributed by atoms with E-state index in [-0.39, 0.29) is 6.09 Å². The van der Waals surface area contributed by atoms with E-state index >= 15 is 0 Å². The summed E-state index contributed by atoms with van der Waals surface area (Å²) < 4.78 is 5.63. The van der Waals surface area contributed by atoms with E-state index in [2.05, 4.69) is 29.2 Å². The zero-order chi connectivity index (χ0) is 21.3. The molecule has 0 unspecified atom stereocenters. The van der Waals surface area contributed by atoms with Crippen LogP contribution in [0.2, 0.25) is 0 Å². The zero-order valence-corrected chi connectivity index (χ0v) is 17.7. The highest BCUT2D eigenvalue weighted by atomic mass is 16.6. The molecule has 0 fully saturated rings. The summed E-state index contributed by atoms with van der Waals surface area (Å²) in [6.45, 7) is 1.57. The number of carbonyl (C=O) groups is 1. The average Bonchev–Trinajstić information content (AvgIpc) is 3.24. The van der Waals surface area contributed by atoms with Gasteiger partial charge in [0.2, 0.25) is 0 Å². The second-order valence-corrected chi connectivity index (χ2v) is 7.72. The van der Waals surface area contributed by atoms with E-state index in [1.165, 1.54) is 16.5 Å². The molecule has 158 valence electrons. The van der Waals surface area contributed by atoms with Crippen LogP contribution < -0.4 is 0 Å². The van der Waals surface area contributed by atoms with Crippen molar-refractivity contribution in [2.75, 3.05) is 13.2 Å². The number of H-pyrrole nitrogens is 1. The third kappa shape index (κ3) is 5.76. The Balaban J connectivity index is 1.36. The first-order valence-electron chi connectivity index (χ1n) is 10.8. The molecule has 3 aromatic carbocycles. The third-order valence-corrected chi connectivity index (χ3v) is 5.48. The summed E-state index contributed by atoms with van der Waals surface area (Å²) in [7, 11) is 0. The van der Waals surface area contributed by atoms with Crippen LogP contribution in [0.4, 0.5) is 4.79 Å². The Morgan fingerprint density at radius 1 is 0.806 bits per heavy atom. The normalized spacial score (nSPS) is 10.8. The zero-order valence-electron chi connectivity index (χ0n) is 17.7. The number of fused-ring (bicyclic) bond motifs is 1. The van der Waals surface area contributed by atoms with Crippen molar-refractivity contribution in [3.8, 4) is 0 Å². The van der Waals surface area contributed by atoms with Gasteiger partial charge in [-0.25, -0.2) is 4.79 Å². The number of para-hydroxylation sites is 1. The first-order valence-corrected chi connectivity index (χ1v) is 10.8. The second kappa shape index (κ2) is 10.5. The van der Waals surface area contributed by atoms with Crippen molar-refractivity contribution >= 4 is 17.0 Å². The van der Waals surface area contributed by atoms with E-state index in [0.29, 0.717) is 19.7 Å². The Labute approximate surface area is 183 Å². The Kier molecular flexibility index (Phi) is 7.01. The van der Waals surface area contributed by atoms with Crippen LogP contribution in [0.1, 0.15) is 23.1 Å². The SMILES string of the molecule is O=C(OCCCc1ccccc1)N(CCc1c[nH]c2ccccc12)Cc1ccccc1. The van der Waals surface area contributed by atoms with E-state index in [1.807, 2.05) is 66.9 Å². The minimum absolute atomic E-state index is 0.253. The number of hydrogen-bond acceptors (Lipinski definition) is 2. The summed E-state index contributed by atoms with van der Waals surface area (Å²) in [5, 5.41) is 1.21. The van der Waals surface area contributed by atoms with Gasteiger partial charge in [0.15, 0.2) is 0 Å². The highest BCUT2D eigenvalue weighted by Crippen LogP contribution is 2.19. The van der Waals surface area contributed by atoms with Crippen LogP contribution in [0.3, 0.4) is 0 Å². The van der Waals surface area contributed by atoms with Gasteiger partial charge in [-0.05, 0) is 42.0 Å². The Morgan fingerprint density at radius 3 is 2.26 bits per heavy atom. The van der Waals surface area contributed by atoms with Crippen molar-refractivity contribution in [1.82, 2.24) is 9.88 Å². The molecular formula is C27H28N2O2. The van der Waals surface area contributed by atoms with Crippen LogP contribution in [-0.2, 0) is 24.1 Å². The molecule has 4 nitrogen and oxygen atoms in total. The number of hydrogen-bond donors (Lipinski definition) is 1. The molecule has 0 saturated carbocycles. The molecule has 0 bridgehead atoms. The molecule has 0 aliphatic rings. The number of aromatic amines is 1. The molecule has 1 aromatic heterocycles. The monoisotopic (exact) mass is 412 g/mol. The molecule has 0 aliphatic heterocycles. The van der Waals surface area contributed by atoms with Crippen LogP contribution in [0.15, 0.2) is 91.1 Å². The largest absolute Gasteiger partial charge is 0.449 e. The number of carbonyl (C=O) groups excluding carboxylic acids is 1. The standard InChI is InChI=1S/C27H28N2O2/c30-27(31-19-9-14-22-10-3-1-4-11-22)29(21-23-12-5-2-6-13-23)18-17-24-20-28-26-16-8-7-15-25(24)26/h1-8,10-13,15-16,20,28H,9,14,17-19,21H2. The summed E-state index contributed by atoms with van der Waals surface area (Å²) in [4.78, 5) is 18.0. The fourth-order valence-electron chi connectivity index (χ4n) is 3.80. The molecule has 4 aromatic rings. The third-order valence-electron chi connectivity index (χ3n) is 5.48. The maximum absolute atomic E-state index is 12.9. The number of amides is 1. The van der Waals surface area contributed by atoms with Crippen LogP contribution in [0.25, 0.3) is 10.9 Å². The van der Waals surface area contributed by atoms with Crippen molar-refractivity contribution in [3.05, 3.63) is 108 Å². The molecule has 0 radical (unpaired) electrons. The lowest BCUT2D eigenvalue weighted by atomic mass is 10.1. The van der Waals surface area contributed by atoms with Crippen LogP contribution in [0.5, 0.6) is 0 Å². The number of benzene rings is 3. The first kappa shape index (κ1) is 20.7. The van der Waals surface area contributed by atoms with Gasteiger partial charge in [-0.1, -0.05) is 78.9 Å². The molecule has 1 amide bonds. The number of aryl methyl sites for hydroxylation is 1. The van der Waals surface area contributed by atoms with Crippen molar-refractivity contribution in [1.29, 1.82) is 0 Å². The quantitative estimate of drug-likeness (QED) is 0.344. The highest BCUT2D eigenvalue weighted by molar-refractivity contribution is 5.83. The van der Waals surface area contributed by atoms with E-state index in [0.717, 1.165) is 30.3 Å². The highest BCUT2D eigenvalue weighted by Gasteiger charge is 2.16. The summed E-state index contributed by atoms with van der Waals surface area (Å²) >= 11 is 0. The van der Waals surface area contributed by atoms with Gasteiger partial charge >= 0.3 is 6.09 Å². The minimum Gasteiger partial charge on any atom is -0.449 e. The number of nitrogens with one attached hydrogen (secondary N) is 1. The second-order valence-electron chi connectivity index (χ2n) is 7.72. The lowest BCUT2D eigenvalue weighted by Gasteiger charge is -2.22. The van der Waals surface area contributed by atoms with E-state index in [4.69, 9.17) is 4.74 Å². The average molecular weight is 413 g/mol. The van der Waals surface area contributed by atoms with Gasteiger partial charge in [0.05, 0.1) is 6.61 Å². The summed E-state index contributed by atoms with van der Waals surface area (Å²) in [5.74, 6) is 0. The van der Waals surface area contributed by atoms with Crippen molar-refractivity contribution < 1.29 is 9.53 Å². The maximum atomic E-state index is 12.9. The molecule has 4 rings (SSSR count). The van der Waals surface area contributed by atoms with Gasteiger partial charge in [-0.3, -0.25) is 0 Å². The van der Waals surface area contributed by atoms with Gasteiger partial charge in [-0.15, -0.1) is 0 Å². The topological polar surface area (TPSA) is 45.3 Å². The van der Waals surface area contributed by atoms with Crippen LogP contribution >= 0.6 is 0 Å². The van der Waals surface area contributed by atoms with Gasteiger partial charge in [0.25, 0.3) is 0 Å². The lowest BCUT2D eigenvalue weighted by molar-refractivity contribution is 0.0991. The Hall–Kier alpha value is -3.53. The van der Waals surface area contributed by atoms with Crippen LogP contribution in [0, 0.1) is 0 Å². The molecule has 4 heteroatoms. The maximum Gasteiger partial charge on any atom is 0.410 e. The number of rotatable bonds is 9. The Bertz CT molecular complexity index is 1090. The molecule has 0 aliphatic carbocycles. The first-order chi connectivity index (χ1) is 15.3. The molecule has 1 N–H and O–H groups in total. The fourth-order valence-corrected chi connectivity index (χ4v) is 3.80. The molecule has 0 atom stereocenters. The lowest BCUT2D eigenvalue weighted by Crippen LogP contribution is -2.33. The van der Waals surface area contributed by atoms with E-state index in [9.17, 15) is 4.79 Å². The molecule has 0 saturated heterocycles. The number of nitrogens with zero attached hydrogens (tertiary/aromatic N) is 1. The number of ether oxygens (including phenoxy) is 1. The smallest absolute Gasteiger partial charge is 0.410 e. The van der Waals surface area contributed by atoms with Crippen molar-refractivity contribution in [3.63, 3.8) is 0 Å². The molecule has 0 spiro atoms. The van der Waals surface area contributed by atoms with Crippen LogP contribution in [-0.4, -0.2) is 29.1 Å². The predicted molar refractivity (Wildman–Crippen MR) is 125 cm³/mol. The summed E-state index contributed by atoms with van der Waals surface area (Å²) in [6, 6.07) is 28.6. The van der Waals surface area contributed by atoms with Gasteiger partial charge in [0.1, 0.15) is 0 Å². The minimum atomic E-state index is -0.253. The molecule has 31 heavy (non-hydrogen) atoms. The van der Waals surface area contributed by atoms with Crippen molar-refractivity contribution in [2.24, 2.45) is 0 Å². The van der Waals surface area contributed by atoms with Crippen molar-refractivity contribution in [2.45, 2.75) is 25.8 Å². The van der Waals surface area contributed by atoms with Gasteiger partial charge in [0, 0.05) is 30.2 Å².